The number of thioether (sulfide) groups is 1. The number of amides is 2. The van der Waals surface area contributed by atoms with Crippen LogP contribution in [0.15, 0.2) is 65.3 Å². The Morgan fingerprint density at radius 1 is 0.952 bits per heavy atom. The van der Waals surface area contributed by atoms with E-state index in [1.807, 2.05) is 0 Å². The molecule has 232 valence electrons. The molecule has 0 saturated heterocycles. The second-order valence-corrected chi connectivity index (χ2v) is 16.6. The Kier molecular flexibility index (Phi) is 12.0. The van der Waals surface area contributed by atoms with Crippen LogP contribution in [-0.4, -0.2) is 57.2 Å². The summed E-state index contributed by atoms with van der Waals surface area (Å²) in [6.45, 7) is 10.7. The fourth-order valence-electron chi connectivity index (χ4n) is 3.23. The van der Waals surface area contributed by atoms with Crippen molar-refractivity contribution in [2.45, 2.75) is 69.5 Å². The first-order valence-electron chi connectivity index (χ1n) is 13.1. The minimum atomic E-state index is -4.22. The molecule has 2 N–H and O–H groups in total. The van der Waals surface area contributed by atoms with Crippen molar-refractivity contribution in [2.75, 3.05) is 21.3 Å². The molecular weight excluding hydrogens is 606 g/mol. The lowest BCUT2D eigenvalue weighted by Gasteiger charge is -2.27. The predicted octanol–water partition coefficient (Wildman–Crippen LogP) is 5.69. The summed E-state index contributed by atoms with van der Waals surface area (Å²) in [5.74, 6) is -1.08. The van der Waals surface area contributed by atoms with Gasteiger partial charge in [-0.1, -0.05) is 12.1 Å². The lowest BCUT2D eigenvalue weighted by Crippen LogP contribution is -2.44. The Morgan fingerprint density at radius 3 is 2.02 bits per heavy atom. The van der Waals surface area contributed by atoms with Crippen molar-refractivity contribution in [3.63, 3.8) is 0 Å². The second-order valence-electron chi connectivity index (χ2n) is 10.7. The van der Waals surface area contributed by atoms with Crippen molar-refractivity contribution in [1.29, 1.82) is 0 Å². The van der Waals surface area contributed by atoms with Crippen LogP contribution in [-0.2, 0) is 24.8 Å². The molecule has 0 fully saturated rings. The van der Waals surface area contributed by atoms with E-state index in [1.54, 1.807) is 45.0 Å². The van der Waals surface area contributed by atoms with Crippen LogP contribution in [0.5, 0.6) is 0 Å². The topological polar surface area (TPSA) is 139 Å². The average molecular weight is 644 g/mol. The summed E-state index contributed by atoms with van der Waals surface area (Å²) in [6, 6.07) is 12.0. The Bertz CT molecular complexity index is 1460. The molecule has 2 aromatic rings. The van der Waals surface area contributed by atoms with E-state index < -0.39 is 54.0 Å². The molecule has 0 aliphatic carbocycles. The molecule has 0 radical (unpaired) electrons. The third-order valence-electron chi connectivity index (χ3n) is 5.46. The number of hydrogen-bond donors (Lipinski definition) is 2. The van der Waals surface area contributed by atoms with Crippen molar-refractivity contribution in [1.82, 2.24) is 5.32 Å². The van der Waals surface area contributed by atoms with Crippen molar-refractivity contribution in [3.8, 4) is 0 Å². The van der Waals surface area contributed by atoms with Crippen LogP contribution >= 0.6 is 11.8 Å². The van der Waals surface area contributed by atoms with Crippen LogP contribution in [0.4, 0.5) is 20.6 Å². The molecule has 0 saturated carbocycles. The van der Waals surface area contributed by atoms with E-state index in [9.17, 15) is 30.8 Å². The van der Waals surface area contributed by atoms with Gasteiger partial charge in [-0.3, -0.25) is 4.79 Å². The van der Waals surface area contributed by atoms with Crippen LogP contribution in [0, 0.1) is 0 Å². The van der Waals surface area contributed by atoms with Gasteiger partial charge in [0.25, 0.3) is 26.0 Å². The number of ether oxygens (including phenoxy) is 1. The predicted molar refractivity (Wildman–Crippen MR) is 166 cm³/mol. The largest absolute Gasteiger partial charge is 0.444 e. The Balaban J connectivity index is 2.15. The highest BCUT2D eigenvalue weighted by molar-refractivity contribution is 8.10. The molecule has 0 unspecified atom stereocenters. The number of carbonyl (C=O) groups is 2. The van der Waals surface area contributed by atoms with Gasteiger partial charge in [-0.25, -0.2) is 26.0 Å². The summed E-state index contributed by atoms with van der Waals surface area (Å²) >= 11 is 1.09. The van der Waals surface area contributed by atoms with Gasteiger partial charge in [0.15, 0.2) is 0 Å². The molecule has 0 aromatic heterocycles. The molecule has 0 bridgehead atoms. The summed E-state index contributed by atoms with van der Waals surface area (Å²) < 4.78 is 71.7. The first-order valence-corrected chi connectivity index (χ1v) is 17.1. The lowest BCUT2D eigenvalue weighted by atomic mass is 10.2. The third kappa shape index (κ3) is 9.73. The molecule has 2 amide bonds. The van der Waals surface area contributed by atoms with Crippen molar-refractivity contribution >= 4 is 55.2 Å². The van der Waals surface area contributed by atoms with Gasteiger partial charge in [-0.2, -0.15) is 3.71 Å². The van der Waals surface area contributed by atoms with Crippen LogP contribution < -0.4 is 14.3 Å². The molecule has 0 spiro atoms. The number of alkyl carbamates (subject to hydrolysis) is 1. The van der Waals surface area contributed by atoms with Gasteiger partial charge in [0.05, 0.1) is 21.8 Å². The molecular formula is C28H38FN3O7S3. The third-order valence-corrected chi connectivity index (χ3v) is 11.5. The average Bonchev–Trinajstić information content (AvgIpc) is 2.87. The molecule has 10 nitrogen and oxygen atoms in total. The first kappa shape index (κ1) is 35.1. The number of carbonyl (C=O) groups excluding carboxylic acids is 2. The number of benzene rings is 2. The highest BCUT2D eigenvalue weighted by Crippen LogP contribution is 2.29. The number of rotatable bonds is 12. The molecule has 0 aliphatic heterocycles. The van der Waals surface area contributed by atoms with Gasteiger partial charge >= 0.3 is 6.09 Å². The van der Waals surface area contributed by atoms with Crippen molar-refractivity contribution in [3.05, 3.63) is 66.0 Å². The van der Waals surface area contributed by atoms with Gasteiger partial charge in [0, 0.05) is 22.9 Å². The van der Waals surface area contributed by atoms with E-state index in [0.717, 1.165) is 11.8 Å². The number of nitrogens with zero attached hydrogens (tertiary/aromatic N) is 1. The first-order chi connectivity index (χ1) is 19.4. The molecule has 0 heterocycles. The zero-order valence-corrected chi connectivity index (χ0v) is 27.1. The maximum atomic E-state index is 14.4. The van der Waals surface area contributed by atoms with E-state index in [0.29, 0.717) is 14.3 Å². The second kappa shape index (κ2) is 14.4. The van der Waals surface area contributed by atoms with Crippen molar-refractivity contribution in [2.24, 2.45) is 0 Å². The van der Waals surface area contributed by atoms with Crippen LogP contribution in [0.2, 0.25) is 0 Å². The fourth-order valence-corrected chi connectivity index (χ4v) is 7.92. The SMILES string of the molecule is CC(C)S(=O)(=O)N(c1ccc(NC(=O)c2ccccc2SCC(F)=CCNC(=O)OC(C)(C)C)cc1)S(=O)(=O)C(C)C. The van der Waals surface area contributed by atoms with E-state index in [-0.39, 0.29) is 23.5 Å². The summed E-state index contributed by atoms with van der Waals surface area (Å²) in [4.78, 5) is 25.3. The molecule has 0 atom stereocenters. The summed E-state index contributed by atoms with van der Waals surface area (Å²) in [6.07, 6.45) is 0.550. The molecule has 42 heavy (non-hydrogen) atoms. The van der Waals surface area contributed by atoms with Crippen LogP contribution in [0.1, 0.15) is 58.8 Å². The van der Waals surface area contributed by atoms with Crippen LogP contribution in [0.25, 0.3) is 0 Å². The Hall–Kier alpha value is -3.10. The standard InChI is InChI=1S/C28H38FN3O7S3/c1-19(2)41(35,36)32(42(37,38)20(3)4)23-14-12-22(13-15-23)31-26(33)24-10-8-9-11-25(24)40-18-21(29)16-17-30-27(34)39-28(5,6)7/h8-16,19-20H,17-18H2,1-7H3,(H,30,34)(H,31,33). The van der Waals surface area contributed by atoms with E-state index in [4.69, 9.17) is 4.74 Å². The highest BCUT2D eigenvalue weighted by atomic mass is 32.3. The van der Waals surface area contributed by atoms with Gasteiger partial charge in [0.2, 0.25) is 0 Å². The summed E-state index contributed by atoms with van der Waals surface area (Å²) in [5, 5.41) is 3.17. The minimum absolute atomic E-state index is 0.0617. The highest BCUT2D eigenvalue weighted by Gasteiger charge is 2.38. The summed E-state index contributed by atoms with van der Waals surface area (Å²) in [7, 11) is -8.43. The van der Waals surface area contributed by atoms with Crippen LogP contribution in [0.3, 0.4) is 0 Å². The lowest BCUT2D eigenvalue weighted by molar-refractivity contribution is 0.0533. The fraction of sp³-hybridized carbons (Fsp3) is 0.429. The van der Waals surface area contributed by atoms with Gasteiger partial charge in [-0.15, -0.1) is 11.8 Å². The van der Waals surface area contributed by atoms with E-state index >= 15 is 0 Å². The Labute approximate surface area is 252 Å². The number of sulfonamides is 2. The monoisotopic (exact) mass is 643 g/mol. The zero-order chi connectivity index (χ0) is 31.9. The molecule has 0 aliphatic rings. The maximum Gasteiger partial charge on any atom is 0.407 e. The smallest absolute Gasteiger partial charge is 0.407 e. The molecule has 2 rings (SSSR count). The number of halogens is 1. The number of hydrogen-bond acceptors (Lipinski definition) is 8. The normalized spacial score (nSPS) is 12.8. The number of anilines is 2. The summed E-state index contributed by atoms with van der Waals surface area (Å²) in [5.41, 5.74) is -0.170. The van der Waals surface area contributed by atoms with Gasteiger partial charge < -0.3 is 15.4 Å². The number of nitrogens with one attached hydrogen (secondary N) is 2. The quantitative estimate of drug-likeness (QED) is 0.281. The van der Waals surface area contributed by atoms with Gasteiger partial charge in [-0.05, 0) is 90.9 Å². The van der Waals surface area contributed by atoms with Crippen molar-refractivity contribution < 1.29 is 35.6 Å². The minimum Gasteiger partial charge on any atom is -0.444 e. The van der Waals surface area contributed by atoms with E-state index in [2.05, 4.69) is 10.6 Å². The molecule has 14 heteroatoms. The zero-order valence-electron chi connectivity index (χ0n) is 24.7. The van der Waals surface area contributed by atoms with E-state index in [1.165, 1.54) is 58.0 Å². The maximum absolute atomic E-state index is 14.4. The molecule has 2 aromatic carbocycles. The van der Waals surface area contributed by atoms with Gasteiger partial charge in [0.1, 0.15) is 11.4 Å². The Morgan fingerprint density at radius 2 is 1.50 bits per heavy atom.